The standard InChI is InChI=1S/C16H23NO6/c1-16(2,3)23-15(20)17-10-6-7-11(17)13(14(19)22-5)9(10)8-12(18)21-4/h8,10-11,13H,6-7H2,1-5H3/b9-8+/t10-,11+,13+/m0/s1. The Kier molecular flexibility index (Phi) is 4.68. The quantitative estimate of drug-likeness (QED) is 0.436. The normalized spacial score (nSPS) is 28.0. The molecule has 2 fully saturated rings. The fourth-order valence-corrected chi connectivity index (χ4v) is 3.30. The van der Waals surface area contributed by atoms with Crippen LogP contribution in [-0.2, 0) is 23.8 Å². The van der Waals surface area contributed by atoms with E-state index in [4.69, 9.17) is 9.47 Å². The molecule has 3 atom stereocenters. The minimum atomic E-state index is -0.648. The Balaban J connectivity index is 2.34. The van der Waals surface area contributed by atoms with Crippen molar-refractivity contribution in [3.63, 3.8) is 0 Å². The molecule has 0 radical (unpaired) electrons. The Labute approximate surface area is 135 Å². The first kappa shape index (κ1) is 17.3. The molecule has 2 aliphatic heterocycles. The van der Waals surface area contributed by atoms with Crippen LogP contribution in [0, 0.1) is 5.92 Å². The molecule has 0 aromatic rings. The van der Waals surface area contributed by atoms with E-state index in [9.17, 15) is 14.4 Å². The fraction of sp³-hybridized carbons (Fsp3) is 0.688. The number of nitrogens with zero attached hydrogens (tertiary/aromatic N) is 1. The largest absolute Gasteiger partial charge is 0.468 e. The molecule has 0 spiro atoms. The smallest absolute Gasteiger partial charge is 0.411 e. The van der Waals surface area contributed by atoms with Gasteiger partial charge in [0.2, 0.25) is 0 Å². The zero-order chi connectivity index (χ0) is 17.4. The molecule has 0 N–H and O–H groups in total. The third kappa shape index (κ3) is 3.33. The molecule has 0 aromatic heterocycles. The van der Waals surface area contributed by atoms with Gasteiger partial charge in [0.25, 0.3) is 0 Å². The average Bonchev–Trinajstić information content (AvgIpc) is 3.00. The Bertz CT molecular complexity index is 547. The van der Waals surface area contributed by atoms with Gasteiger partial charge in [-0.3, -0.25) is 9.69 Å². The van der Waals surface area contributed by atoms with Gasteiger partial charge in [0.1, 0.15) is 11.5 Å². The average molecular weight is 325 g/mol. The molecule has 0 saturated carbocycles. The molecule has 1 amide bonds. The number of amides is 1. The second-order valence-electron chi connectivity index (χ2n) is 6.72. The lowest BCUT2D eigenvalue weighted by molar-refractivity contribution is -0.144. The third-order valence-corrected chi connectivity index (χ3v) is 4.10. The van der Waals surface area contributed by atoms with E-state index in [1.54, 1.807) is 25.7 Å². The van der Waals surface area contributed by atoms with E-state index >= 15 is 0 Å². The van der Waals surface area contributed by atoms with Gasteiger partial charge in [0.15, 0.2) is 0 Å². The minimum absolute atomic E-state index is 0.335. The van der Waals surface area contributed by atoms with Gasteiger partial charge in [0, 0.05) is 6.08 Å². The number of carbonyl (C=O) groups excluding carboxylic acids is 3. The summed E-state index contributed by atoms with van der Waals surface area (Å²) in [4.78, 5) is 37.8. The molecule has 0 unspecified atom stereocenters. The van der Waals surface area contributed by atoms with E-state index in [2.05, 4.69) is 4.74 Å². The van der Waals surface area contributed by atoms with E-state index in [1.165, 1.54) is 20.3 Å². The lowest BCUT2D eigenvalue weighted by Crippen LogP contribution is -2.41. The van der Waals surface area contributed by atoms with Crippen LogP contribution in [0.4, 0.5) is 4.79 Å². The molecule has 2 aliphatic rings. The van der Waals surface area contributed by atoms with Crippen molar-refractivity contribution in [1.29, 1.82) is 0 Å². The maximum Gasteiger partial charge on any atom is 0.411 e. The van der Waals surface area contributed by atoms with Crippen molar-refractivity contribution in [2.45, 2.75) is 51.3 Å². The van der Waals surface area contributed by atoms with Crippen LogP contribution >= 0.6 is 0 Å². The summed E-state index contributed by atoms with van der Waals surface area (Å²) < 4.78 is 14.9. The second kappa shape index (κ2) is 6.22. The van der Waals surface area contributed by atoms with Crippen LogP contribution in [0.5, 0.6) is 0 Å². The van der Waals surface area contributed by atoms with Gasteiger partial charge in [-0.25, -0.2) is 9.59 Å². The lowest BCUT2D eigenvalue weighted by atomic mass is 9.84. The number of hydrogen-bond donors (Lipinski definition) is 0. The molecule has 0 aliphatic carbocycles. The predicted molar refractivity (Wildman–Crippen MR) is 80.5 cm³/mol. The maximum atomic E-state index is 12.5. The van der Waals surface area contributed by atoms with Crippen LogP contribution in [0.2, 0.25) is 0 Å². The highest BCUT2D eigenvalue weighted by Crippen LogP contribution is 2.46. The summed E-state index contributed by atoms with van der Waals surface area (Å²) >= 11 is 0. The number of ether oxygens (including phenoxy) is 3. The van der Waals surface area contributed by atoms with E-state index < -0.39 is 29.6 Å². The highest BCUT2D eigenvalue weighted by atomic mass is 16.6. The van der Waals surface area contributed by atoms with Gasteiger partial charge in [-0.2, -0.15) is 0 Å². The van der Waals surface area contributed by atoms with Crippen molar-refractivity contribution in [1.82, 2.24) is 4.90 Å². The summed E-state index contributed by atoms with van der Waals surface area (Å²) in [6, 6.07) is -0.684. The highest BCUT2D eigenvalue weighted by Gasteiger charge is 2.56. The molecule has 2 heterocycles. The zero-order valence-electron chi connectivity index (χ0n) is 14.1. The number of methoxy groups -OCH3 is 2. The molecule has 23 heavy (non-hydrogen) atoms. The molecule has 2 rings (SSSR count). The second-order valence-corrected chi connectivity index (χ2v) is 6.72. The van der Waals surface area contributed by atoms with Crippen LogP contribution < -0.4 is 0 Å². The van der Waals surface area contributed by atoms with Gasteiger partial charge >= 0.3 is 18.0 Å². The van der Waals surface area contributed by atoms with Gasteiger partial charge in [-0.15, -0.1) is 0 Å². The predicted octanol–water partition coefficient (Wildman–Crippen LogP) is 1.66. The highest BCUT2D eigenvalue weighted by molar-refractivity contribution is 5.88. The fourth-order valence-electron chi connectivity index (χ4n) is 3.30. The minimum Gasteiger partial charge on any atom is -0.468 e. The Morgan fingerprint density at radius 1 is 1.13 bits per heavy atom. The summed E-state index contributed by atoms with van der Waals surface area (Å²) in [6.07, 6.45) is 2.16. The number of rotatable bonds is 2. The molecule has 7 nitrogen and oxygen atoms in total. The van der Waals surface area contributed by atoms with Crippen molar-refractivity contribution >= 4 is 18.0 Å². The van der Waals surface area contributed by atoms with Crippen molar-refractivity contribution in [2.24, 2.45) is 5.92 Å². The van der Waals surface area contributed by atoms with Crippen LogP contribution in [0.1, 0.15) is 33.6 Å². The van der Waals surface area contributed by atoms with Gasteiger partial charge in [-0.1, -0.05) is 0 Å². The van der Waals surface area contributed by atoms with Gasteiger partial charge in [0.05, 0.1) is 26.3 Å². The zero-order valence-corrected chi connectivity index (χ0v) is 14.1. The third-order valence-electron chi connectivity index (χ3n) is 4.10. The molecule has 2 bridgehead atoms. The topological polar surface area (TPSA) is 82.1 Å². The van der Waals surface area contributed by atoms with Gasteiger partial charge in [-0.05, 0) is 39.2 Å². The Hall–Kier alpha value is -2.05. The first-order chi connectivity index (χ1) is 10.7. The van der Waals surface area contributed by atoms with Crippen molar-refractivity contribution < 1.29 is 28.6 Å². The van der Waals surface area contributed by atoms with E-state index in [-0.39, 0.29) is 12.1 Å². The summed E-state index contributed by atoms with van der Waals surface area (Å²) in [5.74, 6) is -1.66. The number of carbonyl (C=O) groups is 3. The summed E-state index contributed by atoms with van der Waals surface area (Å²) in [5.41, 5.74) is -0.0719. The summed E-state index contributed by atoms with van der Waals surface area (Å²) in [6.45, 7) is 5.35. The number of hydrogen-bond acceptors (Lipinski definition) is 6. The van der Waals surface area contributed by atoms with E-state index in [0.717, 1.165) is 0 Å². The monoisotopic (exact) mass is 325 g/mol. The van der Waals surface area contributed by atoms with Crippen LogP contribution in [-0.4, -0.2) is 54.8 Å². The summed E-state index contributed by atoms with van der Waals surface area (Å²) in [7, 11) is 2.56. The molecule has 7 heteroatoms. The van der Waals surface area contributed by atoms with E-state index in [1.807, 2.05) is 0 Å². The van der Waals surface area contributed by atoms with Crippen molar-refractivity contribution in [3.05, 3.63) is 11.6 Å². The Morgan fingerprint density at radius 3 is 2.30 bits per heavy atom. The molecule has 2 saturated heterocycles. The molecule has 128 valence electrons. The molecule has 0 aromatic carbocycles. The van der Waals surface area contributed by atoms with Crippen LogP contribution in [0.25, 0.3) is 0 Å². The molecular formula is C16H23NO6. The summed E-state index contributed by atoms with van der Waals surface area (Å²) in [5, 5.41) is 0. The number of fused-ring (bicyclic) bond motifs is 2. The van der Waals surface area contributed by atoms with Crippen molar-refractivity contribution in [3.8, 4) is 0 Å². The Morgan fingerprint density at radius 2 is 1.78 bits per heavy atom. The van der Waals surface area contributed by atoms with Crippen LogP contribution in [0.15, 0.2) is 11.6 Å². The SMILES string of the molecule is COC(=O)/C=C1/[C@@H](C(=O)OC)[C@H]2CC[C@@H]1N2C(=O)OC(C)(C)C. The first-order valence-corrected chi connectivity index (χ1v) is 7.58. The number of esters is 2. The lowest BCUT2D eigenvalue weighted by Gasteiger charge is -2.27. The van der Waals surface area contributed by atoms with Crippen molar-refractivity contribution in [2.75, 3.05) is 14.2 Å². The maximum absolute atomic E-state index is 12.5. The van der Waals surface area contributed by atoms with E-state index in [0.29, 0.717) is 18.4 Å². The van der Waals surface area contributed by atoms with Gasteiger partial charge < -0.3 is 14.2 Å². The molecular weight excluding hydrogens is 302 g/mol. The van der Waals surface area contributed by atoms with Crippen LogP contribution in [0.3, 0.4) is 0 Å². The first-order valence-electron chi connectivity index (χ1n) is 7.58.